The van der Waals surface area contributed by atoms with Crippen LogP contribution in [0, 0.1) is 17.3 Å². The van der Waals surface area contributed by atoms with E-state index in [1.165, 1.54) is 4.90 Å². The van der Waals surface area contributed by atoms with E-state index in [-0.39, 0.29) is 5.91 Å². The van der Waals surface area contributed by atoms with Gasteiger partial charge in [0.25, 0.3) is 0 Å². The van der Waals surface area contributed by atoms with E-state index in [4.69, 9.17) is 5.11 Å². The average molecular weight is 247 g/mol. The minimum Gasteiger partial charge on any atom is -0.481 e. The summed E-state index contributed by atoms with van der Waals surface area (Å²) in [5, 5.41) is 9.09. The third-order valence-electron chi connectivity index (χ3n) is 3.83. The number of amides is 1. The Morgan fingerprint density at radius 2 is 1.72 bits per heavy atom. The first-order valence-corrected chi connectivity index (χ1v) is 5.92. The number of nitrogens with zero attached hydrogens (tertiary/aromatic N) is 1. The van der Waals surface area contributed by atoms with Gasteiger partial charge in [0.05, 0.1) is 11.8 Å². The molecular formula is C14H17NO3. The van der Waals surface area contributed by atoms with Gasteiger partial charge in [-0.2, -0.15) is 0 Å². The second-order valence-corrected chi connectivity index (χ2v) is 5.35. The highest BCUT2D eigenvalue weighted by molar-refractivity contribution is 6.01. The maximum absolute atomic E-state index is 12.3. The summed E-state index contributed by atoms with van der Waals surface area (Å²) >= 11 is 0. The van der Waals surface area contributed by atoms with Crippen LogP contribution in [0.5, 0.6) is 0 Å². The number of carbonyl (C=O) groups is 2. The van der Waals surface area contributed by atoms with E-state index in [2.05, 4.69) is 0 Å². The molecule has 4 heteroatoms. The molecule has 1 N–H and O–H groups in total. The molecule has 4 nitrogen and oxygen atoms in total. The summed E-state index contributed by atoms with van der Waals surface area (Å²) in [7, 11) is 1.69. The normalized spacial score (nSPS) is 24.4. The molecule has 0 bridgehead atoms. The number of hydrogen-bond donors (Lipinski definition) is 1. The number of aliphatic carboxylic acids is 1. The van der Waals surface area contributed by atoms with Crippen molar-refractivity contribution in [2.75, 3.05) is 11.9 Å². The minimum absolute atomic E-state index is 0.126. The van der Waals surface area contributed by atoms with E-state index in [0.29, 0.717) is 0 Å². The zero-order valence-electron chi connectivity index (χ0n) is 10.8. The van der Waals surface area contributed by atoms with Crippen molar-refractivity contribution >= 4 is 17.6 Å². The summed E-state index contributed by atoms with van der Waals surface area (Å²) in [5.74, 6) is -2.02. The average Bonchev–Trinajstić information content (AvgIpc) is 2.92. The number of anilines is 1. The van der Waals surface area contributed by atoms with Crippen molar-refractivity contribution in [1.29, 1.82) is 0 Å². The zero-order chi connectivity index (χ0) is 13.5. The fourth-order valence-corrected chi connectivity index (χ4v) is 2.55. The van der Waals surface area contributed by atoms with Crippen LogP contribution in [0.2, 0.25) is 0 Å². The molecule has 0 aliphatic heterocycles. The fraction of sp³-hybridized carbons (Fsp3) is 0.429. The summed E-state index contributed by atoms with van der Waals surface area (Å²) in [5.41, 5.74) is 0.334. The van der Waals surface area contributed by atoms with E-state index in [1.54, 1.807) is 7.05 Å². The monoisotopic (exact) mass is 247 g/mol. The van der Waals surface area contributed by atoms with Crippen LogP contribution in [0.15, 0.2) is 30.3 Å². The molecule has 1 amide bonds. The number of benzene rings is 1. The lowest BCUT2D eigenvalue weighted by Gasteiger charge is -2.18. The largest absolute Gasteiger partial charge is 0.481 e. The van der Waals surface area contributed by atoms with Crippen LogP contribution in [-0.2, 0) is 9.59 Å². The molecule has 0 heterocycles. The topological polar surface area (TPSA) is 57.6 Å². The number of para-hydroxylation sites is 1. The highest BCUT2D eigenvalue weighted by Crippen LogP contribution is 2.59. The summed E-state index contributed by atoms with van der Waals surface area (Å²) in [6.07, 6.45) is 0. The standard InChI is InChI=1S/C14H17NO3/c1-14(2)10(11(14)13(17)18)12(16)15(3)9-7-5-4-6-8-9/h4-8,10-11H,1-3H3,(H,17,18). The predicted octanol–water partition coefficient (Wildman–Crippen LogP) is 2.01. The Hall–Kier alpha value is -1.84. The molecule has 1 saturated carbocycles. The van der Waals surface area contributed by atoms with E-state index in [1.807, 2.05) is 44.2 Å². The Labute approximate surface area is 106 Å². The van der Waals surface area contributed by atoms with Gasteiger partial charge < -0.3 is 10.0 Å². The van der Waals surface area contributed by atoms with Crippen molar-refractivity contribution in [2.24, 2.45) is 17.3 Å². The summed E-state index contributed by atoms with van der Waals surface area (Å²) in [4.78, 5) is 24.9. The highest BCUT2D eigenvalue weighted by Gasteiger charge is 2.66. The van der Waals surface area contributed by atoms with E-state index in [0.717, 1.165) is 5.69 Å². The molecule has 1 fully saturated rings. The van der Waals surface area contributed by atoms with Gasteiger partial charge in [0.1, 0.15) is 0 Å². The third-order valence-corrected chi connectivity index (χ3v) is 3.83. The number of rotatable bonds is 3. The molecule has 2 unspecified atom stereocenters. The molecule has 2 rings (SSSR count). The number of carboxylic acids is 1. The van der Waals surface area contributed by atoms with Crippen molar-refractivity contribution in [3.8, 4) is 0 Å². The Balaban J connectivity index is 2.17. The molecule has 1 aromatic rings. The van der Waals surface area contributed by atoms with Gasteiger partial charge in [0, 0.05) is 12.7 Å². The van der Waals surface area contributed by atoms with Gasteiger partial charge in [0.15, 0.2) is 0 Å². The van der Waals surface area contributed by atoms with Crippen LogP contribution in [0.25, 0.3) is 0 Å². The fourth-order valence-electron chi connectivity index (χ4n) is 2.55. The molecule has 0 aromatic heterocycles. The first-order chi connectivity index (χ1) is 8.37. The van der Waals surface area contributed by atoms with Crippen molar-refractivity contribution < 1.29 is 14.7 Å². The maximum Gasteiger partial charge on any atom is 0.307 e. The molecule has 0 spiro atoms. The second kappa shape index (κ2) is 4.12. The quantitative estimate of drug-likeness (QED) is 0.888. The van der Waals surface area contributed by atoms with Crippen LogP contribution in [0.4, 0.5) is 5.69 Å². The number of carbonyl (C=O) groups excluding carboxylic acids is 1. The molecule has 1 aliphatic carbocycles. The Morgan fingerprint density at radius 3 is 2.17 bits per heavy atom. The van der Waals surface area contributed by atoms with Crippen LogP contribution in [-0.4, -0.2) is 24.0 Å². The summed E-state index contributed by atoms with van der Waals surface area (Å²) in [6, 6.07) is 9.26. The predicted molar refractivity (Wildman–Crippen MR) is 68.2 cm³/mol. The highest BCUT2D eigenvalue weighted by atomic mass is 16.4. The Kier molecular flexibility index (Phi) is 2.89. The molecule has 2 atom stereocenters. The van der Waals surface area contributed by atoms with Gasteiger partial charge in [-0.05, 0) is 17.5 Å². The summed E-state index contributed by atoms with van der Waals surface area (Å²) < 4.78 is 0. The molecule has 1 aliphatic rings. The van der Waals surface area contributed by atoms with E-state index >= 15 is 0 Å². The van der Waals surface area contributed by atoms with Crippen molar-refractivity contribution in [3.63, 3.8) is 0 Å². The molecule has 0 radical (unpaired) electrons. The van der Waals surface area contributed by atoms with Crippen LogP contribution in [0.3, 0.4) is 0 Å². The minimum atomic E-state index is -0.889. The first kappa shape index (κ1) is 12.6. The number of carboxylic acid groups (broad SMARTS) is 1. The number of hydrogen-bond acceptors (Lipinski definition) is 2. The second-order valence-electron chi connectivity index (χ2n) is 5.35. The van der Waals surface area contributed by atoms with Gasteiger partial charge in [-0.15, -0.1) is 0 Å². The van der Waals surface area contributed by atoms with Crippen LogP contribution in [0.1, 0.15) is 13.8 Å². The molecule has 0 saturated heterocycles. The zero-order valence-corrected chi connectivity index (χ0v) is 10.8. The van der Waals surface area contributed by atoms with E-state index in [9.17, 15) is 9.59 Å². The lowest BCUT2D eigenvalue weighted by molar-refractivity contribution is -0.140. The van der Waals surface area contributed by atoms with E-state index < -0.39 is 23.2 Å². The maximum atomic E-state index is 12.3. The first-order valence-electron chi connectivity index (χ1n) is 5.92. The van der Waals surface area contributed by atoms with Gasteiger partial charge in [-0.25, -0.2) is 0 Å². The van der Waals surface area contributed by atoms with Gasteiger partial charge in [0.2, 0.25) is 5.91 Å². The smallest absolute Gasteiger partial charge is 0.307 e. The summed E-state index contributed by atoms with van der Waals surface area (Å²) in [6.45, 7) is 3.65. The Morgan fingerprint density at radius 1 is 1.17 bits per heavy atom. The SMILES string of the molecule is CN(C(=O)C1C(C(=O)O)C1(C)C)c1ccccc1. The van der Waals surface area contributed by atoms with Gasteiger partial charge in [-0.3, -0.25) is 9.59 Å². The lowest BCUT2D eigenvalue weighted by atomic mass is 10.1. The van der Waals surface area contributed by atoms with Crippen molar-refractivity contribution in [1.82, 2.24) is 0 Å². The molecule has 1 aromatic carbocycles. The lowest BCUT2D eigenvalue weighted by Crippen LogP contribution is -2.29. The van der Waals surface area contributed by atoms with Crippen LogP contribution >= 0.6 is 0 Å². The van der Waals surface area contributed by atoms with Crippen molar-refractivity contribution in [3.05, 3.63) is 30.3 Å². The Bertz CT molecular complexity index is 481. The molecule has 96 valence electrons. The van der Waals surface area contributed by atoms with Gasteiger partial charge >= 0.3 is 5.97 Å². The van der Waals surface area contributed by atoms with Crippen LogP contribution < -0.4 is 4.90 Å². The third kappa shape index (κ3) is 1.88. The van der Waals surface area contributed by atoms with Gasteiger partial charge in [-0.1, -0.05) is 32.0 Å². The molecular weight excluding hydrogens is 230 g/mol. The van der Waals surface area contributed by atoms with Crippen molar-refractivity contribution in [2.45, 2.75) is 13.8 Å². The molecule has 18 heavy (non-hydrogen) atoms.